The van der Waals surface area contributed by atoms with Crippen molar-refractivity contribution in [3.05, 3.63) is 46.2 Å². The van der Waals surface area contributed by atoms with Crippen molar-refractivity contribution in [1.29, 1.82) is 0 Å². The third kappa shape index (κ3) is 3.07. The van der Waals surface area contributed by atoms with Crippen molar-refractivity contribution in [3.8, 4) is 0 Å². The lowest BCUT2D eigenvalue weighted by molar-refractivity contribution is 0.499. The van der Waals surface area contributed by atoms with E-state index in [0.29, 0.717) is 5.56 Å². The van der Waals surface area contributed by atoms with Crippen LogP contribution in [0.4, 0.5) is 4.39 Å². The fourth-order valence-corrected chi connectivity index (χ4v) is 2.75. The second-order valence-electron chi connectivity index (χ2n) is 4.49. The fourth-order valence-electron chi connectivity index (χ4n) is 2.23. The first kappa shape index (κ1) is 15.1. The van der Waals surface area contributed by atoms with Crippen molar-refractivity contribution >= 4 is 15.9 Å². The van der Waals surface area contributed by atoms with Crippen LogP contribution in [0.25, 0.3) is 0 Å². The lowest BCUT2D eigenvalue weighted by atomic mass is 10.0. The van der Waals surface area contributed by atoms with Crippen molar-refractivity contribution in [2.75, 3.05) is 6.54 Å². The quantitative estimate of drug-likeness (QED) is 0.877. The Bertz CT molecular complexity index is 570. The molecule has 0 aliphatic rings. The van der Waals surface area contributed by atoms with Gasteiger partial charge in [-0.3, -0.25) is 9.67 Å². The number of hydrogen-bond acceptors (Lipinski definition) is 3. The third-order valence-electron chi connectivity index (χ3n) is 3.07. The Labute approximate surface area is 126 Å². The molecule has 4 nitrogen and oxygen atoms in total. The van der Waals surface area contributed by atoms with Gasteiger partial charge in [0, 0.05) is 18.3 Å². The summed E-state index contributed by atoms with van der Waals surface area (Å²) in [6.07, 6.45) is 5.58. The van der Waals surface area contributed by atoms with Crippen LogP contribution in [0.5, 0.6) is 0 Å². The van der Waals surface area contributed by atoms with Crippen LogP contribution < -0.4 is 5.32 Å². The minimum Gasteiger partial charge on any atom is -0.305 e. The summed E-state index contributed by atoms with van der Waals surface area (Å²) in [6.45, 7) is 5.63. The summed E-state index contributed by atoms with van der Waals surface area (Å²) in [7, 11) is 0. The minimum absolute atomic E-state index is 0.244. The lowest BCUT2D eigenvalue weighted by Crippen LogP contribution is -2.26. The van der Waals surface area contributed by atoms with Gasteiger partial charge in [0.2, 0.25) is 0 Å². The summed E-state index contributed by atoms with van der Waals surface area (Å²) in [5, 5.41) is 7.68. The predicted octanol–water partition coefficient (Wildman–Crippen LogP) is 3.29. The number of nitrogens with one attached hydrogen (secondary N) is 1. The molecule has 2 rings (SSSR count). The van der Waals surface area contributed by atoms with E-state index in [1.165, 1.54) is 6.20 Å². The van der Waals surface area contributed by atoms with Crippen molar-refractivity contribution < 1.29 is 4.39 Å². The molecule has 1 N–H and O–H groups in total. The molecule has 2 aromatic rings. The number of hydrogen-bond donors (Lipinski definition) is 1. The smallest absolute Gasteiger partial charge is 0.146 e. The standard InChI is InChI=1S/C14H18BrFN4/c1-3-7-20-14(11(15)8-19-20)13(18-4-2)10-5-6-17-9-12(10)16/h5-6,8-9,13,18H,3-4,7H2,1-2H3. The van der Waals surface area contributed by atoms with Crippen molar-refractivity contribution in [3.63, 3.8) is 0 Å². The van der Waals surface area contributed by atoms with Gasteiger partial charge in [0.1, 0.15) is 5.82 Å². The van der Waals surface area contributed by atoms with Gasteiger partial charge in [0.25, 0.3) is 0 Å². The van der Waals surface area contributed by atoms with Crippen molar-refractivity contribution in [1.82, 2.24) is 20.1 Å². The van der Waals surface area contributed by atoms with Gasteiger partial charge in [-0.2, -0.15) is 5.10 Å². The average molecular weight is 341 g/mol. The first-order chi connectivity index (χ1) is 9.69. The molecule has 0 aliphatic heterocycles. The topological polar surface area (TPSA) is 42.7 Å². The van der Waals surface area contributed by atoms with Crippen molar-refractivity contribution in [2.24, 2.45) is 0 Å². The Kier molecular flexibility index (Phi) is 5.25. The Morgan fingerprint density at radius 1 is 1.40 bits per heavy atom. The molecule has 0 saturated carbocycles. The normalized spacial score (nSPS) is 12.6. The summed E-state index contributed by atoms with van der Waals surface area (Å²) in [6, 6.07) is 1.46. The highest BCUT2D eigenvalue weighted by Gasteiger charge is 2.23. The number of halogens is 2. The largest absolute Gasteiger partial charge is 0.305 e. The van der Waals surface area contributed by atoms with E-state index in [1.807, 2.05) is 11.6 Å². The SMILES string of the molecule is CCCn1ncc(Br)c1C(NCC)c1ccncc1F. The van der Waals surface area contributed by atoms with Crippen LogP contribution in [0.3, 0.4) is 0 Å². The second kappa shape index (κ2) is 6.95. The molecule has 6 heteroatoms. The summed E-state index contributed by atoms with van der Waals surface area (Å²) in [5.41, 5.74) is 1.53. The zero-order valence-corrected chi connectivity index (χ0v) is 13.2. The van der Waals surface area contributed by atoms with Gasteiger partial charge in [-0.05, 0) is 35.0 Å². The van der Waals surface area contributed by atoms with Crippen LogP contribution in [0.1, 0.15) is 37.6 Å². The molecular weight excluding hydrogens is 323 g/mol. The van der Waals surface area contributed by atoms with Gasteiger partial charge < -0.3 is 5.32 Å². The van der Waals surface area contributed by atoms with E-state index in [2.05, 4.69) is 38.3 Å². The van der Waals surface area contributed by atoms with Crippen LogP contribution in [0.15, 0.2) is 29.1 Å². The van der Waals surface area contributed by atoms with E-state index in [-0.39, 0.29) is 11.9 Å². The molecule has 20 heavy (non-hydrogen) atoms. The van der Waals surface area contributed by atoms with Gasteiger partial charge >= 0.3 is 0 Å². The van der Waals surface area contributed by atoms with Crippen molar-refractivity contribution in [2.45, 2.75) is 32.9 Å². The minimum atomic E-state index is -0.311. The summed E-state index contributed by atoms with van der Waals surface area (Å²) >= 11 is 3.52. The Morgan fingerprint density at radius 3 is 2.85 bits per heavy atom. The number of nitrogens with zero attached hydrogens (tertiary/aromatic N) is 3. The molecule has 1 atom stereocenters. The Balaban J connectivity index is 2.49. The molecule has 0 radical (unpaired) electrons. The van der Waals surface area contributed by atoms with E-state index in [1.54, 1.807) is 18.5 Å². The van der Waals surface area contributed by atoms with E-state index < -0.39 is 0 Å². The van der Waals surface area contributed by atoms with Gasteiger partial charge in [0.05, 0.1) is 28.6 Å². The summed E-state index contributed by atoms with van der Waals surface area (Å²) in [4.78, 5) is 3.81. The highest BCUT2D eigenvalue weighted by molar-refractivity contribution is 9.10. The number of pyridine rings is 1. The summed E-state index contributed by atoms with van der Waals surface area (Å²) in [5.74, 6) is -0.311. The highest BCUT2D eigenvalue weighted by atomic mass is 79.9. The van der Waals surface area contributed by atoms with Gasteiger partial charge in [-0.25, -0.2) is 4.39 Å². The maximum atomic E-state index is 14.1. The first-order valence-corrected chi connectivity index (χ1v) is 7.52. The Hall–Kier alpha value is -1.27. The van der Waals surface area contributed by atoms with Crippen LogP contribution in [-0.2, 0) is 6.54 Å². The number of aromatic nitrogens is 3. The van der Waals surface area contributed by atoms with Crippen LogP contribution in [0.2, 0.25) is 0 Å². The second-order valence-corrected chi connectivity index (χ2v) is 5.34. The van der Waals surface area contributed by atoms with Gasteiger partial charge in [0.15, 0.2) is 0 Å². The molecule has 1 unspecified atom stereocenters. The van der Waals surface area contributed by atoms with Crippen LogP contribution in [-0.4, -0.2) is 21.3 Å². The fraction of sp³-hybridized carbons (Fsp3) is 0.429. The van der Waals surface area contributed by atoms with Gasteiger partial charge in [-0.1, -0.05) is 13.8 Å². The van der Waals surface area contributed by atoms with E-state index in [0.717, 1.165) is 29.7 Å². The third-order valence-corrected chi connectivity index (χ3v) is 3.68. The molecule has 2 heterocycles. The highest BCUT2D eigenvalue weighted by Crippen LogP contribution is 2.29. The van der Waals surface area contributed by atoms with E-state index >= 15 is 0 Å². The molecule has 0 aromatic carbocycles. The Morgan fingerprint density at radius 2 is 2.20 bits per heavy atom. The molecule has 0 bridgehead atoms. The van der Waals surface area contributed by atoms with E-state index in [9.17, 15) is 4.39 Å². The lowest BCUT2D eigenvalue weighted by Gasteiger charge is -2.21. The molecular formula is C14H18BrFN4. The van der Waals surface area contributed by atoms with Crippen LogP contribution in [0, 0.1) is 5.82 Å². The zero-order valence-electron chi connectivity index (χ0n) is 11.6. The molecule has 108 valence electrons. The van der Waals surface area contributed by atoms with Gasteiger partial charge in [-0.15, -0.1) is 0 Å². The van der Waals surface area contributed by atoms with Crippen LogP contribution >= 0.6 is 15.9 Å². The maximum absolute atomic E-state index is 14.1. The monoisotopic (exact) mass is 340 g/mol. The molecule has 0 saturated heterocycles. The molecule has 0 fully saturated rings. The molecule has 2 aromatic heterocycles. The first-order valence-electron chi connectivity index (χ1n) is 6.73. The number of rotatable bonds is 6. The predicted molar refractivity (Wildman–Crippen MR) is 79.9 cm³/mol. The number of aryl methyl sites for hydroxylation is 1. The molecule has 0 aliphatic carbocycles. The molecule has 0 spiro atoms. The maximum Gasteiger partial charge on any atom is 0.146 e. The average Bonchev–Trinajstić information content (AvgIpc) is 2.79. The van der Waals surface area contributed by atoms with E-state index in [4.69, 9.17) is 0 Å². The molecule has 0 amide bonds. The summed E-state index contributed by atoms with van der Waals surface area (Å²) < 4.78 is 16.9. The zero-order chi connectivity index (χ0) is 14.5.